The number of aromatic nitrogens is 1. The zero-order valence-corrected chi connectivity index (χ0v) is 8.96. The molecule has 1 rings (SSSR count). The third-order valence-corrected chi connectivity index (χ3v) is 2.24. The molecule has 14 heavy (non-hydrogen) atoms. The van der Waals surface area contributed by atoms with Gasteiger partial charge in [0.25, 0.3) is 0 Å². The minimum atomic E-state index is 0.472. The fraction of sp³-hybridized carbons (Fsp3) is 0.545. The van der Waals surface area contributed by atoms with Gasteiger partial charge in [0, 0.05) is 12.2 Å². The van der Waals surface area contributed by atoms with E-state index in [-0.39, 0.29) is 0 Å². The van der Waals surface area contributed by atoms with Gasteiger partial charge in [-0.3, -0.25) is 4.98 Å². The van der Waals surface area contributed by atoms with E-state index in [1.165, 1.54) is 19.3 Å². The van der Waals surface area contributed by atoms with Crippen LogP contribution in [0.1, 0.15) is 33.1 Å². The summed E-state index contributed by atoms with van der Waals surface area (Å²) in [5.74, 6) is 0. The molecule has 0 aromatic carbocycles. The molecule has 1 aromatic rings. The molecule has 3 N–H and O–H groups in total. The van der Waals surface area contributed by atoms with Crippen LogP contribution in [0.25, 0.3) is 0 Å². The highest BCUT2D eigenvalue weighted by Crippen LogP contribution is 2.17. The van der Waals surface area contributed by atoms with Gasteiger partial charge in [-0.15, -0.1) is 0 Å². The highest BCUT2D eigenvalue weighted by molar-refractivity contribution is 5.64. The van der Waals surface area contributed by atoms with Gasteiger partial charge in [-0.1, -0.05) is 19.8 Å². The van der Waals surface area contributed by atoms with Crippen molar-refractivity contribution in [3.63, 3.8) is 0 Å². The van der Waals surface area contributed by atoms with E-state index in [1.807, 2.05) is 6.07 Å². The first-order valence-electron chi connectivity index (χ1n) is 5.20. The summed E-state index contributed by atoms with van der Waals surface area (Å²) in [6.07, 6.45) is 7.09. The number of nitrogen functional groups attached to an aromatic ring is 1. The summed E-state index contributed by atoms with van der Waals surface area (Å²) in [6, 6.07) is 2.39. The SMILES string of the molecule is CCCCC(C)Nc1ccncc1N. The van der Waals surface area contributed by atoms with E-state index < -0.39 is 0 Å². The van der Waals surface area contributed by atoms with Crippen LogP contribution in [-0.4, -0.2) is 11.0 Å². The highest BCUT2D eigenvalue weighted by Gasteiger charge is 2.03. The second-order valence-electron chi connectivity index (χ2n) is 3.65. The van der Waals surface area contributed by atoms with Crippen molar-refractivity contribution in [3.05, 3.63) is 18.5 Å². The Bertz CT molecular complexity index is 273. The Labute approximate surface area is 85.7 Å². The average Bonchev–Trinajstić information content (AvgIpc) is 2.18. The number of nitrogens with zero attached hydrogens (tertiary/aromatic N) is 1. The van der Waals surface area contributed by atoms with Gasteiger partial charge in [-0.05, 0) is 19.4 Å². The molecule has 0 saturated heterocycles. The number of pyridine rings is 1. The molecule has 0 aliphatic heterocycles. The topological polar surface area (TPSA) is 50.9 Å². The first-order chi connectivity index (χ1) is 6.74. The van der Waals surface area contributed by atoms with Crippen molar-refractivity contribution in [1.82, 2.24) is 4.98 Å². The monoisotopic (exact) mass is 193 g/mol. The Morgan fingerprint density at radius 1 is 1.57 bits per heavy atom. The zero-order chi connectivity index (χ0) is 10.4. The molecule has 1 atom stereocenters. The number of anilines is 2. The van der Waals surface area contributed by atoms with Crippen LogP contribution in [0.15, 0.2) is 18.5 Å². The lowest BCUT2D eigenvalue weighted by atomic mass is 10.1. The Morgan fingerprint density at radius 3 is 3.00 bits per heavy atom. The summed E-state index contributed by atoms with van der Waals surface area (Å²) in [6.45, 7) is 4.38. The summed E-state index contributed by atoms with van der Waals surface area (Å²) in [4.78, 5) is 3.95. The molecule has 3 heteroatoms. The average molecular weight is 193 g/mol. The molecule has 78 valence electrons. The van der Waals surface area contributed by atoms with Crippen molar-refractivity contribution in [1.29, 1.82) is 0 Å². The molecular weight excluding hydrogens is 174 g/mol. The van der Waals surface area contributed by atoms with Gasteiger partial charge in [0.15, 0.2) is 0 Å². The normalized spacial score (nSPS) is 12.4. The first kappa shape index (κ1) is 10.8. The van der Waals surface area contributed by atoms with E-state index in [0.717, 1.165) is 11.4 Å². The van der Waals surface area contributed by atoms with E-state index in [0.29, 0.717) is 6.04 Å². The molecule has 0 aliphatic rings. The maximum atomic E-state index is 5.77. The quantitative estimate of drug-likeness (QED) is 0.755. The lowest BCUT2D eigenvalue weighted by molar-refractivity contribution is 0.645. The van der Waals surface area contributed by atoms with E-state index in [4.69, 9.17) is 5.73 Å². The van der Waals surface area contributed by atoms with Crippen LogP contribution in [0.3, 0.4) is 0 Å². The van der Waals surface area contributed by atoms with E-state index in [2.05, 4.69) is 24.1 Å². The van der Waals surface area contributed by atoms with Gasteiger partial charge < -0.3 is 11.1 Å². The third-order valence-electron chi connectivity index (χ3n) is 2.24. The van der Waals surface area contributed by atoms with Crippen LogP contribution in [-0.2, 0) is 0 Å². The minimum absolute atomic E-state index is 0.472. The molecule has 1 heterocycles. The predicted octanol–water partition coefficient (Wildman–Crippen LogP) is 2.65. The second kappa shape index (κ2) is 5.47. The van der Waals surface area contributed by atoms with Gasteiger partial charge in [0.05, 0.1) is 17.6 Å². The van der Waals surface area contributed by atoms with Crippen molar-refractivity contribution in [2.45, 2.75) is 39.2 Å². The Hall–Kier alpha value is -1.25. The number of rotatable bonds is 5. The Morgan fingerprint density at radius 2 is 2.36 bits per heavy atom. The molecule has 0 radical (unpaired) electrons. The fourth-order valence-electron chi connectivity index (χ4n) is 1.39. The number of hydrogen-bond acceptors (Lipinski definition) is 3. The van der Waals surface area contributed by atoms with Crippen molar-refractivity contribution < 1.29 is 0 Å². The van der Waals surface area contributed by atoms with Crippen molar-refractivity contribution in [3.8, 4) is 0 Å². The summed E-state index contributed by atoms with van der Waals surface area (Å²) < 4.78 is 0. The number of nitrogens with one attached hydrogen (secondary N) is 1. The fourth-order valence-corrected chi connectivity index (χ4v) is 1.39. The third kappa shape index (κ3) is 3.24. The molecule has 0 amide bonds. The van der Waals surface area contributed by atoms with Crippen molar-refractivity contribution in [2.75, 3.05) is 11.1 Å². The van der Waals surface area contributed by atoms with Crippen LogP contribution >= 0.6 is 0 Å². The van der Waals surface area contributed by atoms with Crippen LogP contribution in [0.4, 0.5) is 11.4 Å². The van der Waals surface area contributed by atoms with Crippen molar-refractivity contribution >= 4 is 11.4 Å². The van der Waals surface area contributed by atoms with Gasteiger partial charge in [-0.2, -0.15) is 0 Å². The van der Waals surface area contributed by atoms with E-state index in [9.17, 15) is 0 Å². The van der Waals surface area contributed by atoms with Gasteiger partial charge in [0.1, 0.15) is 0 Å². The van der Waals surface area contributed by atoms with Gasteiger partial charge >= 0.3 is 0 Å². The lowest BCUT2D eigenvalue weighted by Gasteiger charge is -2.15. The molecule has 0 bridgehead atoms. The standard InChI is InChI=1S/C11H19N3/c1-3-4-5-9(2)14-11-6-7-13-8-10(11)12/h6-9H,3-5,12H2,1-2H3,(H,13,14). The Balaban J connectivity index is 2.47. The molecule has 1 aromatic heterocycles. The molecule has 3 nitrogen and oxygen atoms in total. The molecular formula is C11H19N3. The molecule has 1 unspecified atom stereocenters. The predicted molar refractivity (Wildman–Crippen MR) is 61.3 cm³/mol. The molecule has 0 spiro atoms. The largest absolute Gasteiger partial charge is 0.396 e. The smallest absolute Gasteiger partial charge is 0.0736 e. The van der Waals surface area contributed by atoms with Gasteiger partial charge in [-0.25, -0.2) is 0 Å². The van der Waals surface area contributed by atoms with Gasteiger partial charge in [0.2, 0.25) is 0 Å². The lowest BCUT2D eigenvalue weighted by Crippen LogP contribution is -2.15. The minimum Gasteiger partial charge on any atom is -0.396 e. The molecule has 0 aliphatic carbocycles. The van der Waals surface area contributed by atoms with E-state index >= 15 is 0 Å². The number of hydrogen-bond donors (Lipinski definition) is 2. The number of unbranched alkanes of at least 4 members (excludes halogenated alkanes) is 1. The van der Waals surface area contributed by atoms with E-state index in [1.54, 1.807) is 12.4 Å². The maximum absolute atomic E-state index is 5.77. The molecule has 0 fully saturated rings. The van der Waals surface area contributed by atoms with Crippen LogP contribution in [0, 0.1) is 0 Å². The zero-order valence-electron chi connectivity index (χ0n) is 8.96. The molecule has 0 saturated carbocycles. The second-order valence-corrected chi connectivity index (χ2v) is 3.65. The summed E-state index contributed by atoms with van der Waals surface area (Å²) in [7, 11) is 0. The summed E-state index contributed by atoms with van der Waals surface area (Å²) in [5.41, 5.74) is 7.48. The van der Waals surface area contributed by atoms with Crippen LogP contribution < -0.4 is 11.1 Å². The maximum Gasteiger partial charge on any atom is 0.0736 e. The van der Waals surface area contributed by atoms with Crippen molar-refractivity contribution in [2.24, 2.45) is 0 Å². The van der Waals surface area contributed by atoms with Crippen LogP contribution in [0.2, 0.25) is 0 Å². The van der Waals surface area contributed by atoms with Crippen LogP contribution in [0.5, 0.6) is 0 Å². The summed E-state index contributed by atoms with van der Waals surface area (Å²) in [5, 5.41) is 3.38. The number of nitrogens with two attached hydrogens (primary N) is 1. The highest BCUT2D eigenvalue weighted by atomic mass is 14.9. The summed E-state index contributed by atoms with van der Waals surface area (Å²) >= 11 is 0. The Kier molecular flexibility index (Phi) is 4.23. The first-order valence-corrected chi connectivity index (χ1v) is 5.20.